The quantitative estimate of drug-likeness (QED) is 0.305. The number of hydrogen-bond acceptors (Lipinski definition) is 4. The summed E-state index contributed by atoms with van der Waals surface area (Å²) in [5.74, 6) is 0.358. The Kier molecular flexibility index (Phi) is 6.95. The van der Waals surface area contributed by atoms with Gasteiger partial charge in [-0.2, -0.15) is 0 Å². The number of nitrogens with zero attached hydrogens (tertiary/aromatic N) is 1. The monoisotopic (exact) mass is 557 g/mol. The normalized spacial score (nSPS) is 15.0. The Morgan fingerprint density at radius 3 is 2.39 bits per heavy atom. The van der Waals surface area contributed by atoms with Gasteiger partial charge in [-0.25, -0.2) is 0 Å². The van der Waals surface area contributed by atoms with E-state index in [-0.39, 0.29) is 17.7 Å². The molecular formula is C24H17Br2NO3S. The second-order valence-corrected chi connectivity index (χ2v) is 9.58. The molecule has 0 aliphatic carbocycles. The van der Waals surface area contributed by atoms with Crippen LogP contribution in [0.15, 0.2) is 86.6 Å². The zero-order valence-electron chi connectivity index (χ0n) is 16.3. The van der Waals surface area contributed by atoms with Gasteiger partial charge in [-0.1, -0.05) is 80.4 Å². The van der Waals surface area contributed by atoms with Crippen molar-refractivity contribution in [1.82, 2.24) is 4.90 Å². The third-order valence-electron chi connectivity index (χ3n) is 4.67. The van der Waals surface area contributed by atoms with Gasteiger partial charge in [0, 0.05) is 14.5 Å². The van der Waals surface area contributed by atoms with Crippen LogP contribution in [-0.2, 0) is 17.9 Å². The number of thioether (sulfide) groups is 1. The standard InChI is InChI=1S/C24H17Br2NO3S/c25-19-11-9-16(10-12-19)15-30-21-8-4-2-5-17(21)13-22-23(28)27(24(29)31-22)14-18-6-1-3-7-20(18)26/h1-13H,14-15H2/b22-13-. The van der Waals surface area contributed by atoms with Crippen molar-refractivity contribution in [2.24, 2.45) is 0 Å². The summed E-state index contributed by atoms with van der Waals surface area (Å²) >= 11 is 7.85. The zero-order valence-corrected chi connectivity index (χ0v) is 20.2. The third-order valence-corrected chi connectivity index (χ3v) is 6.88. The Morgan fingerprint density at radius 1 is 0.903 bits per heavy atom. The SMILES string of the molecule is O=C1S/C(=C\c2ccccc2OCc2ccc(Br)cc2)C(=O)N1Cc1ccccc1Br. The topological polar surface area (TPSA) is 46.6 Å². The highest BCUT2D eigenvalue weighted by Gasteiger charge is 2.35. The number of halogens is 2. The molecule has 0 aromatic heterocycles. The lowest BCUT2D eigenvalue weighted by Crippen LogP contribution is -2.27. The Morgan fingerprint density at radius 2 is 1.61 bits per heavy atom. The van der Waals surface area contributed by atoms with Crippen molar-refractivity contribution in [3.05, 3.63) is 103 Å². The lowest BCUT2D eigenvalue weighted by Gasteiger charge is -2.13. The predicted molar refractivity (Wildman–Crippen MR) is 131 cm³/mol. The first kappa shape index (κ1) is 21.9. The van der Waals surface area contributed by atoms with Gasteiger partial charge in [-0.3, -0.25) is 14.5 Å². The molecule has 3 aromatic carbocycles. The molecule has 31 heavy (non-hydrogen) atoms. The van der Waals surface area contributed by atoms with Crippen LogP contribution >= 0.6 is 43.6 Å². The molecule has 0 saturated carbocycles. The molecule has 0 spiro atoms. The summed E-state index contributed by atoms with van der Waals surface area (Å²) in [7, 11) is 0. The van der Waals surface area contributed by atoms with Gasteiger partial charge in [0.15, 0.2) is 0 Å². The highest BCUT2D eigenvalue weighted by Crippen LogP contribution is 2.35. The maximum Gasteiger partial charge on any atom is 0.293 e. The minimum absolute atomic E-state index is 0.227. The van der Waals surface area contributed by atoms with Gasteiger partial charge < -0.3 is 4.74 Å². The van der Waals surface area contributed by atoms with E-state index in [1.807, 2.05) is 72.8 Å². The molecule has 1 saturated heterocycles. The van der Waals surface area contributed by atoms with Gasteiger partial charge in [0.2, 0.25) is 0 Å². The van der Waals surface area contributed by atoms with E-state index >= 15 is 0 Å². The molecule has 2 amide bonds. The first-order chi connectivity index (χ1) is 15.0. The smallest absolute Gasteiger partial charge is 0.293 e. The second-order valence-electron chi connectivity index (χ2n) is 6.81. The van der Waals surface area contributed by atoms with E-state index in [4.69, 9.17) is 4.74 Å². The molecular weight excluding hydrogens is 542 g/mol. The van der Waals surface area contributed by atoms with E-state index in [2.05, 4.69) is 31.9 Å². The third kappa shape index (κ3) is 5.29. The molecule has 156 valence electrons. The minimum Gasteiger partial charge on any atom is -0.488 e. The second kappa shape index (κ2) is 9.85. The van der Waals surface area contributed by atoms with Crippen LogP contribution in [0.3, 0.4) is 0 Å². The van der Waals surface area contributed by atoms with Crippen molar-refractivity contribution in [2.45, 2.75) is 13.2 Å². The van der Waals surface area contributed by atoms with Crippen LogP contribution in [0.4, 0.5) is 4.79 Å². The van der Waals surface area contributed by atoms with Gasteiger partial charge in [0.05, 0.1) is 11.4 Å². The predicted octanol–water partition coefficient (Wildman–Crippen LogP) is 7.03. The van der Waals surface area contributed by atoms with Crippen LogP contribution in [0.5, 0.6) is 5.75 Å². The van der Waals surface area contributed by atoms with Crippen molar-refractivity contribution in [3.8, 4) is 5.75 Å². The van der Waals surface area contributed by atoms with Crippen molar-refractivity contribution >= 4 is 60.8 Å². The first-order valence-corrected chi connectivity index (χ1v) is 11.9. The molecule has 1 aliphatic rings. The lowest BCUT2D eigenvalue weighted by molar-refractivity contribution is -0.123. The van der Waals surface area contributed by atoms with Crippen molar-refractivity contribution < 1.29 is 14.3 Å². The molecule has 0 atom stereocenters. The number of carbonyl (C=O) groups excluding carboxylic acids is 2. The summed E-state index contributed by atoms with van der Waals surface area (Å²) in [6.45, 7) is 0.632. The van der Waals surface area contributed by atoms with E-state index in [0.29, 0.717) is 17.3 Å². The van der Waals surface area contributed by atoms with Crippen molar-refractivity contribution in [1.29, 1.82) is 0 Å². The Bertz CT molecular complexity index is 1160. The van der Waals surface area contributed by atoms with Gasteiger partial charge in [0.1, 0.15) is 12.4 Å². The molecule has 0 bridgehead atoms. The van der Waals surface area contributed by atoms with Crippen LogP contribution < -0.4 is 4.74 Å². The number of carbonyl (C=O) groups is 2. The number of hydrogen-bond donors (Lipinski definition) is 0. The molecule has 3 aromatic rings. The Balaban J connectivity index is 1.52. The van der Waals surface area contributed by atoms with E-state index in [9.17, 15) is 9.59 Å². The molecule has 4 rings (SSSR count). The van der Waals surface area contributed by atoms with Crippen molar-refractivity contribution in [2.75, 3.05) is 0 Å². The van der Waals surface area contributed by atoms with Crippen LogP contribution in [0.1, 0.15) is 16.7 Å². The fourth-order valence-electron chi connectivity index (χ4n) is 3.05. The number of amides is 2. The molecule has 4 nitrogen and oxygen atoms in total. The molecule has 1 aliphatic heterocycles. The maximum absolute atomic E-state index is 12.9. The summed E-state index contributed by atoms with van der Waals surface area (Å²) in [6.07, 6.45) is 1.72. The van der Waals surface area contributed by atoms with Crippen LogP contribution in [0.25, 0.3) is 6.08 Å². The van der Waals surface area contributed by atoms with Gasteiger partial charge in [-0.15, -0.1) is 0 Å². The molecule has 0 unspecified atom stereocenters. The summed E-state index contributed by atoms with van der Waals surface area (Å²) in [5, 5.41) is -0.278. The van der Waals surface area contributed by atoms with E-state index in [1.54, 1.807) is 6.08 Å². The lowest BCUT2D eigenvalue weighted by atomic mass is 10.1. The van der Waals surface area contributed by atoms with E-state index < -0.39 is 0 Å². The summed E-state index contributed by atoms with van der Waals surface area (Å²) in [5.41, 5.74) is 2.67. The molecule has 7 heteroatoms. The number of benzene rings is 3. The van der Waals surface area contributed by atoms with Gasteiger partial charge >= 0.3 is 0 Å². The molecule has 0 N–H and O–H groups in total. The molecule has 1 heterocycles. The van der Waals surface area contributed by atoms with Gasteiger partial charge in [0.25, 0.3) is 11.1 Å². The Labute approximate surface area is 201 Å². The summed E-state index contributed by atoms with van der Waals surface area (Å²) in [4.78, 5) is 27.1. The van der Waals surface area contributed by atoms with Gasteiger partial charge in [-0.05, 0) is 53.2 Å². The average Bonchev–Trinajstić information content (AvgIpc) is 3.03. The fourth-order valence-corrected chi connectivity index (χ4v) is 4.55. The minimum atomic E-state index is -0.298. The number of rotatable bonds is 6. The number of ether oxygens (including phenoxy) is 1. The Hall–Kier alpha value is -2.35. The molecule has 1 fully saturated rings. The highest BCUT2D eigenvalue weighted by atomic mass is 79.9. The largest absolute Gasteiger partial charge is 0.488 e. The highest BCUT2D eigenvalue weighted by molar-refractivity contribution is 9.10. The van der Waals surface area contributed by atoms with E-state index in [1.165, 1.54) is 4.90 Å². The van der Waals surface area contributed by atoms with Crippen LogP contribution in [0.2, 0.25) is 0 Å². The fraction of sp³-hybridized carbons (Fsp3) is 0.0833. The van der Waals surface area contributed by atoms with Crippen molar-refractivity contribution in [3.63, 3.8) is 0 Å². The van der Waals surface area contributed by atoms with Crippen LogP contribution in [0, 0.1) is 0 Å². The van der Waals surface area contributed by atoms with E-state index in [0.717, 1.165) is 37.4 Å². The number of para-hydroxylation sites is 1. The zero-order chi connectivity index (χ0) is 21.8. The average molecular weight is 559 g/mol. The van der Waals surface area contributed by atoms with Crippen LogP contribution in [-0.4, -0.2) is 16.0 Å². The maximum atomic E-state index is 12.9. The summed E-state index contributed by atoms with van der Waals surface area (Å²) in [6, 6.07) is 23.0. The number of imide groups is 1. The molecule has 0 radical (unpaired) electrons. The summed E-state index contributed by atoms with van der Waals surface area (Å²) < 4.78 is 7.86. The first-order valence-electron chi connectivity index (χ1n) is 9.46.